The van der Waals surface area contributed by atoms with Gasteiger partial charge < -0.3 is 19.4 Å². The van der Waals surface area contributed by atoms with Crippen LogP contribution in [-0.2, 0) is 6.54 Å². The van der Waals surface area contributed by atoms with Crippen molar-refractivity contribution in [3.05, 3.63) is 28.9 Å². The summed E-state index contributed by atoms with van der Waals surface area (Å²) >= 11 is 5.22. The highest BCUT2D eigenvalue weighted by Gasteiger charge is 2.20. The fourth-order valence-corrected chi connectivity index (χ4v) is 4.98. The van der Waals surface area contributed by atoms with Crippen LogP contribution in [0.15, 0.2) is 43.9 Å². The highest BCUT2D eigenvalue weighted by molar-refractivity contribution is 9.10. The molecular weight excluding hydrogens is 466 g/mol. The number of aromatic nitrogens is 3. The number of rotatable bonds is 9. The van der Waals surface area contributed by atoms with Crippen LogP contribution in [0.2, 0.25) is 0 Å². The van der Waals surface area contributed by atoms with Gasteiger partial charge in [-0.3, -0.25) is 0 Å². The fraction of sp³-hybridized carbons (Fsp3) is 0.381. The SMILES string of the molecule is C=Nc1nccc2c1nc(Sc1cc3c(cc1Br)OCO3)n2CCNC(CC)CC. The Hall–Kier alpha value is -2.10. The van der Waals surface area contributed by atoms with Gasteiger partial charge in [-0.25, -0.2) is 15.0 Å². The van der Waals surface area contributed by atoms with Crippen molar-refractivity contribution in [2.45, 2.75) is 49.3 Å². The summed E-state index contributed by atoms with van der Waals surface area (Å²) in [5, 5.41) is 4.50. The van der Waals surface area contributed by atoms with E-state index in [1.165, 1.54) is 0 Å². The molecule has 3 aromatic rings. The molecule has 1 aliphatic rings. The van der Waals surface area contributed by atoms with Crippen molar-refractivity contribution in [1.82, 2.24) is 19.9 Å². The smallest absolute Gasteiger partial charge is 0.231 e. The number of pyridine rings is 1. The van der Waals surface area contributed by atoms with Crippen LogP contribution in [0.5, 0.6) is 11.5 Å². The Morgan fingerprint density at radius 1 is 1.30 bits per heavy atom. The van der Waals surface area contributed by atoms with Gasteiger partial charge >= 0.3 is 0 Å². The number of ether oxygens (including phenoxy) is 2. The molecule has 0 aliphatic carbocycles. The first-order valence-electron chi connectivity index (χ1n) is 9.96. The van der Waals surface area contributed by atoms with Crippen LogP contribution in [-0.4, -0.2) is 40.6 Å². The fourth-order valence-electron chi connectivity index (χ4n) is 3.46. The van der Waals surface area contributed by atoms with E-state index in [0.717, 1.165) is 63.0 Å². The molecule has 3 heterocycles. The number of nitrogens with one attached hydrogen (secondary N) is 1. The zero-order valence-corrected chi connectivity index (χ0v) is 19.4. The summed E-state index contributed by atoms with van der Waals surface area (Å²) in [6, 6.07) is 6.41. The molecule has 30 heavy (non-hydrogen) atoms. The molecular formula is C21H24BrN5O2S. The number of aliphatic imine (C=N–C) groups is 1. The van der Waals surface area contributed by atoms with Crippen LogP contribution < -0.4 is 14.8 Å². The predicted octanol–water partition coefficient (Wildman–Crippen LogP) is 5.18. The lowest BCUT2D eigenvalue weighted by Crippen LogP contribution is -2.30. The number of imidazole rings is 1. The minimum absolute atomic E-state index is 0.246. The zero-order valence-electron chi connectivity index (χ0n) is 17.0. The van der Waals surface area contributed by atoms with E-state index in [4.69, 9.17) is 14.5 Å². The van der Waals surface area contributed by atoms with E-state index in [-0.39, 0.29) is 6.79 Å². The topological polar surface area (TPSA) is 73.6 Å². The standard InChI is InChI=1S/C21H24BrN5O2S/c1-4-13(5-2)24-8-9-27-15-6-7-25-20(23-3)19(15)26-21(27)30-18-11-17-16(10-14(18)22)28-12-29-17/h6-7,10-11,13,24H,3-5,8-9,12H2,1-2H3. The van der Waals surface area contributed by atoms with Crippen molar-refractivity contribution in [3.8, 4) is 11.5 Å². The summed E-state index contributed by atoms with van der Waals surface area (Å²) in [5.41, 5.74) is 1.76. The first kappa shape index (κ1) is 21.1. The minimum Gasteiger partial charge on any atom is -0.454 e. The molecule has 0 saturated carbocycles. The molecule has 4 rings (SSSR count). The van der Waals surface area contributed by atoms with Gasteiger partial charge in [0, 0.05) is 34.7 Å². The Balaban J connectivity index is 1.68. The Morgan fingerprint density at radius 3 is 2.80 bits per heavy atom. The molecule has 0 amide bonds. The number of fused-ring (bicyclic) bond motifs is 2. The molecule has 7 nitrogen and oxygen atoms in total. The molecule has 0 radical (unpaired) electrons. The summed E-state index contributed by atoms with van der Waals surface area (Å²) in [6.45, 7) is 9.95. The third-order valence-electron chi connectivity index (χ3n) is 5.14. The lowest BCUT2D eigenvalue weighted by molar-refractivity contribution is 0.174. The van der Waals surface area contributed by atoms with Crippen molar-refractivity contribution in [1.29, 1.82) is 0 Å². The van der Waals surface area contributed by atoms with Gasteiger partial charge in [0.2, 0.25) is 6.79 Å². The second-order valence-electron chi connectivity index (χ2n) is 6.91. The highest BCUT2D eigenvalue weighted by atomic mass is 79.9. The van der Waals surface area contributed by atoms with Gasteiger partial charge in [0.25, 0.3) is 0 Å². The monoisotopic (exact) mass is 489 g/mol. The Labute approximate surface area is 188 Å². The van der Waals surface area contributed by atoms with Crippen molar-refractivity contribution in [2.24, 2.45) is 4.99 Å². The van der Waals surface area contributed by atoms with Crippen molar-refractivity contribution in [2.75, 3.05) is 13.3 Å². The van der Waals surface area contributed by atoms with Gasteiger partial charge in [0.1, 0.15) is 5.52 Å². The zero-order chi connectivity index (χ0) is 21.1. The van der Waals surface area contributed by atoms with Gasteiger partial charge in [0.15, 0.2) is 22.5 Å². The summed E-state index contributed by atoms with van der Waals surface area (Å²) in [4.78, 5) is 14.2. The molecule has 158 valence electrons. The predicted molar refractivity (Wildman–Crippen MR) is 123 cm³/mol. The van der Waals surface area contributed by atoms with Crippen LogP contribution >= 0.6 is 27.7 Å². The minimum atomic E-state index is 0.246. The van der Waals surface area contributed by atoms with Crippen LogP contribution in [0, 0.1) is 0 Å². The number of nitrogens with zero attached hydrogens (tertiary/aromatic N) is 4. The third-order valence-corrected chi connectivity index (χ3v) is 7.12. The van der Waals surface area contributed by atoms with E-state index in [1.807, 2.05) is 18.2 Å². The van der Waals surface area contributed by atoms with Crippen molar-refractivity contribution < 1.29 is 9.47 Å². The molecule has 0 bridgehead atoms. The van der Waals surface area contributed by atoms with Gasteiger partial charge in [0.05, 0.1) is 5.52 Å². The number of hydrogen-bond acceptors (Lipinski definition) is 7. The average molecular weight is 490 g/mol. The highest BCUT2D eigenvalue weighted by Crippen LogP contribution is 2.43. The maximum atomic E-state index is 5.55. The Kier molecular flexibility index (Phi) is 6.60. The molecule has 1 N–H and O–H groups in total. The van der Waals surface area contributed by atoms with Crippen LogP contribution in [0.1, 0.15) is 26.7 Å². The maximum absolute atomic E-state index is 5.55. The number of halogens is 1. The summed E-state index contributed by atoms with van der Waals surface area (Å²) in [5.74, 6) is 2.04. The van der Waals surface area contributed by atoms with E-state index in [1.54, 1.807) is 18.0 Å². The molecule has 0 saturated heterocycles. The van der Waals surface area contributed by atoms with Gasteiger partial charge in [-0.2, -0.15) is 0 Å². The van der Waals surface area contributed by atoms with Gasteiger partial charge in [-0.15, -0.1) is 0 Å². The molecule has 0 fully saturated rings. The summed E-state index contributed by atoms with van der Waals surface area (Å²) in [6.07, 6.45) is 3.98. The van der Waals surface area contributed by atoms with E-state index in [9.17, 15) is 0 Å². The first-order valence-corrected chi connectivity index (χ1v) is 11.6. The normalized spacial score (nSPS) is 12.8. The van der Waals surface area contributed by atoms with Gasteiger partial charge in [-0.1, -0.05) is 25.6 Å². The summed E-state index contributed by atoms with van der Waals surface area (Å²) < 4.78 is 14.2. The van der Waals surface area contributed by atoms with Crippen LogP contribution in [0.4, 0.5) is 5.82 Å². The molecule has 1 aliphatic heterocycles. The van der Waals surface area contributed by atoms with E-state index in [2.05, 4.69) is 56.4 Å². The van der Waals surface area contributed by atoms with Crippen molar-refractivity contribution >= 4 is 51.3 Å². The van der Waals surface area contributed by atoms with E-state index < -0.39 is 0 Å². The molecule has 1 aromatic carbocycles. The quantitative estimate of drug-likeness (QED) is 0.417. The largest absolute Gasteiger partial charge is 0.454 e. The lowest BCUT2D eigenvalue weighted by Gasteiger charge is -2.16. The second kappa shape index (κ2) is 9.36. The molecule has 2 aromatic heterocycles. The first-order chi connectivity index (χ1) is 14.6. The molecule has 9 heteroatoms. The van der Waals surface area contributed by atoms with E-state index in [0.29, 0.717) is 11.9 Å². The van der Waals surface area contributed by atoms with Gasteiger partial charge in [-0.05, 0) is 53.7 Å². The second-order valence-corrected chi connectivity index (χ2v) is 8.78. The van der Waals surface area contributed by atoms with Crippen LogP contribution in [0.25, 0.3) is 11.0 Å². The average Bonchev–Trinajstić information content (AvgIpc) is 3.35. The Bertz CT molecular complexity index is 1070. The van der Waals surface area contributed by atoms with Crippen molar-refractivity contribution in [3.63, 3.8) is 0 Å². The molecule has 0 spiro atoms. The number of benzene rings is 1. The number of hydrogen-bond donors (Lipinski definition) is 1. The van der Waals surface area contributed by atoms with Crippen LogP contribution in [0.3, 0.4) is 0 Å². The third kappa shape index (κ3) is 4.19. The molecule has 0 atom stereocenters. The van der Waals surface area contributed by atoms with E-state index >= 15 is 0 Å². The maximum Gasteiger partial charge on any atom is 0.231 e. The molecule has 0 unspecified atom stereocenters. The Morgan fingerprint density at radius 2 is 2.07 bits per heavy atom. The lowest BCUT2D eigenvalue weighted by atomic mass is 10.2. The summed E-state index contributed by atoms with van der Waals surface area (Å²) in [7, 11) is 0.